The van der Waals surface area contributed by atoms with Crippen molar-refractivity contribution in [2.24, 2.45) is 0 Å². The van der Waals surface area contributed by atoms with Crippen LogP contribution in [-0.2, 0) is 0 Å². The first-order chi connectivity index (χ1) is 16.1. The van der Waals surface area contributed by atoms with Gasteiger partial charge in [0.15, 0.2) is 11.3 Å². The largest absolute Gasteiger partial charge is 0.497 e. The van der Waals surface area contributed by atoms with E-state index in [1.54, 1.807) is 37.8 Å². The Morgan fingerprint density at radius 3 is 2.55 bits per heavy atom. The lowest BCUT2D eigenvalue weighted by atomic mass is 10.0. The number of aromatic carboxylic acids is 1. The second-order valence-corrected chi connectivity index (χ2v) is 7.81. The van der Waals surface area contributed by atoms with Gasteiger partial charge in [0.25, 0.3) is 0 Å². The summed E-state index contributed by atoms with van der Waals surface area (Å²) in [6.45, 7) is 0. The summed E-state index contributed by atoms with van der Waals surface area (Å²) in [6.07, 6.45) is 4.90. The van der Waals surface area contributed by atoms with Gasteiger partial charge in [0.05, 0.1) is 12.7 Å². The van der Waals surface area contributed by atoms with Crippen molar-refractivity contribution in [2.45, 2.75) is 0 Å². The number of rotatable bonds is 5. The molecule has 4 aromatic heterocycles. The molecule has 0 aliphatic heterocycles. The molecule has 0 bridgehead atoms. The Kier molecular flexibility index (Phi) is 5.27. The van der Waals surface area contributed by atoms with Crippen LogP contribution in [0.2, 0.25) is 0 Å². The van der Waals surface area contributed by atoms with E-state index < -0.39 is 5.97 Å². The number of carboxylic acids is 1. The summed E-state index contributed by atoms with van der Waals surface area (Å²) in [7, 11) is 1.59. The van der Waals surface area contributed by atoms with Crippen LogP contribution in [0.4, 0.5) is 0 Å². The van der Waals surface area contributed by atoms with E-state index in [9.17, 15) is 9.90 Å². The van der Waals surface area contributed by atoms with Crippen molar-refractivity contribution in [3.8, 4) is 39.4 Å². The number of pyridine rings is 2. The summed E-state index contributed by atoms with van der Waals surface area (Å²) in [5, 5.41) is 22.9. The van der Waals surface area contributed by atoms with Crippen molar-refractivity contribution >= 4 is 27.5 Å². The van der Waals surface area contributed by atoms with Crippen LogP contribution >= 0.6 is 15.9 Å². The second-order valence-electron chi connectivity index (χ2n) is 7.00. The fraction of sp³-hybridized carbons (Fsp3) is 0.0435. The molecule has 0 spiro atoms. The van der Waals surface area contributed by atoms with E-state index in [1.165, 1.54) is 4.52 Å². The summed E-state index contributed by atoms with van der Waals surface area (Å²) in [5.41, 5.74) is 3.88. The number of hydrogen-bond acceptors (Lipinski definition) is 7. The first-order valence-corrected chi connectivity index (χ1v) is 10.6. The summed E-state index contributed by atoms with van der Waals surface area (Å²) < 4.78 is 7.53. The van der Waals surface area contributed by atoms with Crippen molar-refractivity contribution < 1.29 is 14.6 Å². The van der Waals surface area contributed by atoms with E-state index in [4.69, 9.17) is 9.84 Å². The van der Waals surface area contributed by atoms with Gasteiger partial charge >= 0.3 is 5.97 Å². The highest BCUT2D eigenvalue weighted by Gasteiger charge is 2.25. The zero-order valence-corrected chi connectivity index (χ0v) is 18.8. The van der Waals surface area contributed by atoms with Crippen molar-refractivity contribution in [3.63, 3.8) is 0 Å². The van der Waals surface area contributed by atoms with E-state index in [2.05, 4.69) is 36.1 Å². The second kappa shape index (κ2) is 8.40. The average Bonchev–Trinajstić information content (AvgIpc) is 3.24. The lowest BCUT2D eigenvalue weighted by Crippen LogP contribution is -2.11. The summed E-state index contributed by atoms with van der Waals surface area (Å²) in [6, 6.07) is 14.6. The van der Waals surface area contributed by atoms with Gasteiger partial charge in [-0.3, -0.25) is 4.98 Å². The maximum atomic E-state index is 12.0. The van der Waals surface area contributed by atoms with Crippen molar-refractivity contribution in [2.75, 3.05) is 7.11 Å². The van der Waals surface area contributed by atoms with Crippen LogP contribution < -0.4 is 4.74 Å². The number of carboxylic acid groups (broad SMARTS) is 1. The highest BCUT2D eigenvalue weighted by Crippen LogP contribution is 2.37. The number of aromatic nitrogens is 6. The predicted octanol–water partition coefficient (Wildman–Crippen LogP) is 4.38. The van der Waals surface area contributed by atoms with E-state index in [0.717, 1.165) is 11.1 Å². The molecule has 0 aliphatic carbocycles. The third-order valence-electron chi connectivity index (χ3n) is 5.06. The lowest BCUT2D eigenvalue weighted by molar-refractivity contribution is 0.0689. The fourth-order valence-electron chi connectivity index (χ4n) is 3.58. The van der Waals surface area contributed by atoms with Crippen LogP contribution in [0, 0.1) is 0 Å². The summed E-state index contributed by atoms with van der Waals surface area (Å²) in [4.78, 5) is 20.4. The molecule has 0 saturated carbocycles. The van der Waals surface area contributed by atoms with Gasteiger partial charge in [-0.25, -0.2) is 14.3 Å². The highest BCUT2D eigenvalue weighted by atomic mass is 79.9. The molecular formula is C23H15BrN6O3. The van der Waals surface area contributed by atoms with Crippen LogP contribution in [0.15, 0.2) is 71.7 Å². The number of halogens is 1. The molecule has 0 radical (unpaired) electrons. The van der Waals surface area contributed by atoms with Gasteiger partial charge in [-0.1, -0.05) is 12.1 Å². The maximum Gasteiger partial charge on any atom is 0.358 e. The number of nitrogens with zero attached hydrogens (tertiary/aromatic N) is 6. The lowest BCUT2D eigenvalue weighted by Gasteiger charge is -2.08. The van der Waals surface area contributed by atoms with Crippen LogP contribution in [0.5, 0.6) is 5.75 Å². The van der Waals surface area contributed by atoms with Crippen LogP contribution in [-0.4, -0.2) is 48.0 Å². The molecule has 5 aromatic rings. The van der Waals surface area contributed by atoms with Gasteiger partial charge < -0.3 is 9.84 Å². The van der Waals surface area contributed by atoms with Gasteiger partial charge in [0.2, 0.25) is 0 Å². The SMILES string of the molecule is COc1cccc(-c2c(-c3ccncc3)nn3c(-c4ccc(Br)nc4)c(C(=O)O)nnc23)c1. The number of hydrogen-bond donors (Lipinski definition) is 1. The fourth-order valence-corrected chi connectivity index (χ4v) is 3.81. The molecule has 0 aliphatic rings. The number of methoxy groups -OCH3 is 1. The molecule has 0 atom stereocenters. The van der Waals surface area contributed by atoms with Crippen LogP contribution in [0.3, 0.4) is 0 Å². The molecule has 5 rings (SSSR count). The average molecular weight is 503 g/mol. The minimum atomic E-state index is -1.22. The minimum Gasteiger partial charge on any atom is -0.497 e. The Labute approximate surface area is 195 Å². The summed E-state index contributed by atoms with van der Waals surface area (Å²) >= 11 is 3.31. The van der Waals surface area contributed by atoms with Gasteiger partial charge in [0, 0.05) is 29.7 Å². The molecule has 10 heteroatoms. The standard InChI is InChI=1S/C23H15BrN6O3/c1-33-16-4-2-3-14(11-16)18-19(13-7-9-25-10-8-13)29-30-21(15-5-6-17(24)26-12-15)20(23(31)32)27-28-22(18)30/h2-12H,1H3,(H,31,32). The van der Waals surface area contributed by atoms with Gasteiger partial charge in [-0.2, -0.15) is 5.10 Å². The Bertz CT molecular complexity index is 1490. The normalized spacial score (nSPS) is 11.0. The first-order valence-electron chi connectivity index (χ1n) is 9.76. The molecule has 1 N–H and O–H groups in total. The highest BCUT2D eigenvalue weighted by molar-refractivity contribution is 9.10. The Balaban J connectivity index is 1.90. The number of fused-ring (bicyclic) bond motifs is 1. The maximum absolute atomic E-state index is 12.0. The van der Waals surface area contributed by atoms with Gasteiger partial charge in [-0.05, 0) is 57.9 Å². The Morgan fingerprint density at radius 2 is 1.85 bits per heavy atom. The van der Waals surface area contributed by atoms with Crippen molar-refractivity contribution in [1.29, 1.82) is 0 Å². The van der Waals surface area contributed by atoms with E-state index in [0.29, 0.717) is 32.8 Å². The molecule has 33 heavy (non-hydrogen) atoms. The monoisotopic (exact) mass is 502 g/mol. The molecule has 0 amide bonds. The topological polar surface area (TPSA) is 115 Å². The third kappa shape index (κ3) is 3.70. The van der Waals surface area contributed by atoms with E-state index in [-0.39, 0.29) is 11.4 Å². The summed E-state index contributed by atoms with van der Waals surface area (Å²) in [5.74, 6) is -0.550. The predicted molar refractivity (Wildman–Crippen MR) is 124 cm³/mol. The molecule has 162 valence electrons. The number of benzene rings is 1. The van der Waals surface area contributed by atoms with E-state index in [1.807, 2.05) is 36.4 Å². The van der Waals surface area contributed by atoms with Gasteiger partial charge in [0.1, 0.15) is 21.7 Å². The third-order valence-corrected chi connectivity index (χ3v) is 5.53. The number of ether oxygens (including phenoxy) is 1. The van der Waals surface area contributed by atoms with Crippen LogP contribution in [0.1, 0.15) is 10.5 Å². The zero-order chi connectivity index (χ0) is 22.9. The molecule has 0 saturated heterocycles. The molecular weight excluding hydrogens is 488 g/mol. The Morgan fingerprint density at radius 1 is 1.03 bits per heavy atom. The minimum absolute atomic E-state index is 0.229. The first kappa shape index (κ1) is 20.7. The smallest absolute Gasteiger partial charge is 0.358 e. The van der Waals surface area contributed by atoms with Gasteiger partial charge in [-0.15, -0.1) is 10.2 Å². The van der Waals surface area contributed by atoms with Crippen molar-refractivity contribution in [1.82, 2.24) is 29.8 Å². The molecule has 0 unspecified atom stereocenters. The molecule has 9 nitrogen and oxygen atoms in total. The Hall–Kier alpha value is -4.18. The van der Waals surface area contributed by atoms with Crippen LogP contribution in [0.25, 0.3) is 39.3 Å². The van der Waals surface area contributed by atoms with E-state index >= 15 is 0 Å². The quantitative estimate of drug-likeness (QED) is 0.352. The number of carbonyl (C=O) groups is 1. The molecule has 0 fully saturated rings. The molecule has 4 heterocycles. The molecule has 1 aromatic carbocycles. The zero-order valence-electron chi connectivity index (χ0n) is 17.2. The van der Waals surface area contributed by atoms with Crippen molar-refractivity contribution in [3.05, 3.63) is 77.4 Å².